The number of benzene rings is 2. The third kappa shape index (κ3) is 6.68. The highest BCUT2D eigenvalue weighted by molar-refractivity contribution is 7.12. The molecule has 2 aromatic heterocycles. The number of esters is 1. The number of nitrogens with zero attached hydrogens (tertiary/aromatic N) is 3. The minimum atomic E-state index is -0.680. The predicted octanol–water partition coefficient (Wildman–Crippen LogP) is 6.11. The van der Waals surface area contributed by atoms with Gasteiger partial charge in [-0.1, -0.05) is 50.1 Å². The minimum absolute atomic E-state index is 0.0133. The van der Waals surface area contributed by atoms with E-state index < -0.39 is 11.5 Å². The van der Waals surface area contributed by atoms with Crippen molar-refractivity contribution in [1.29, 1.82) is 0 Å². The molecule has 0 unspecified atom stereocenters. The van der Waals surface area contributed by atoms with Crippen molar-refractivity contribution in [2.45, 2.75) is 40.7 Å². The van der Waals surface area contributed by atoms with E-state index in [1.165, 1.54) is 29.9 Å². The number of pyridine rings is 1. The number of amides is 1. The number of halogens is 1. The number of fused-ring (bicyclic) bond motifs is 1. The molecule has 2 aromatic carbocycles. The molecule has 9 heteroatoms. The van der Waals surface area contributed by atoms with Crippen molar-refractivity contribution in [1.82, 2.24) is 9.47 Å². The molecule has 4 aromatic rings. The first kappa shape index (κ1) is 30.0. The summed E-state index contributed by atoms with van der Waals surface area (Å²) in [6.45, 7) is 10.1. The number of aromatic nitrogens is 1. The lowest BCUT2D eigenvalue weighted by Gasteiger charge is -2.37. The third-order valence-corrected chi connectivity index (χ3v) is 7.60. The number of anilines is 1. The standard InChI is InChI=1S/C29H28FN3O4S.C3H8/c1-3-37-29(36)25-26(31-12-14-32(15-13-31)27(34)24-5-4-16-38-24)22-17-19(2)6-11-23(22)33(28(25)35)18-20-7-9-21(30)10-8-20;1-3-2/h4-11,16-17H,3,12-15,18H2,1-2H3;3H2,1-2H3. The molecule has 0 aliphatic carbocycles. The molecular formula is C32H36FN3O4S. The predicted molar refractivity (Wildman–Crippen MR) is 163 cm³/mol. The van der Waals surface area contributed by atoms with Crippen molar-refractivity contribution in [3.63, 3.8) is 0 Å². The molecule has 0 spiro atoms. The molecule has 3 heterocycles. The van der Waals surface area contributed by atoms with Crippen LogP contribution < -0.4 is 10.5 Å². The Bertz CT molecular complexity index is 1560. The molecule has 0 atom stereocenters. The Morgan fingerprint density at radius 2 is 1.66 bits per heavy atom. The molecule has 0 radical (unpaired) electrons. The van der Waals surface area contributed by atoms with Crippen LogP contribution in [0.5, 0.6) is 0 Å². The number of hydrogen-bond acceptors (Lipinski definition) is 6. The highest BCUT2D eigenvalue weighted by atomic mass is 32.1. The summed E-state index contributed by atoms with van der Waals surface area (Å²) in [5, 5.41) is 2.64. The first-order valence-corrected chi connectivity index (χ1v) is 14.8. The second kappa shape index (κ2) is 13.6. The van der Waals surface area contributed by atoms with Crippen LogP contribution >= 0.6 is 11.3 Å². The number of carbonyl (C=O) groups excluding carboxylic acids is 2. The molecule has 5 rings (SSSR count). The number of rotatable bonds is 6. The molecule has 216 valence electrons. The van der Waals surface area contributed by atoms with E-state index >= 15 is 0 Å². The van der Waals surface area contributed by atoms with E-state index in [1.54, 1.807) is 28.5 Å². The second-order valence-corrected chi connectivity index (χ2v) is 10.9. The Kier molecular flexibility index (Phi) is 9.94. The Labute approximate surface area is 243 Å². The molecule has 7 nitrogen and oxygen atoms in total. The zero-order valence-electron chi connectivity index (χ0n) is 24.0. The van der Waals surface area contributed by atoms with Crippen LogP contribution in [0.2, 0.25) is 0 Å². The van der Waals surface area contributed by atoms with Crippen LogP contribution in [0.25, 0.3) is 10.9 Å². The number of aryl methyl sites for hydroxylation is 1. The molecule has 0 saturated carbocycles. The summed E-state index contributed by atoms with van der Waals surface area (Å²) < 4.78 is 20.4. The van der Waals surface area contributed by atoms with Gasteiger partial charge in [0.2, 0.25) is 0 Å². The van der Waals surface area contributed by atoms with Crippen molar-refractivity contribution in [3.05, 3.63) is 97.7 Å². The average molecular weight is 578 g/mol. The van der Waals surface area contributed by atoms with E-state index in [0.29, 0.717) is 42.3 Å². The fourth-order valence-electron chi connectivity index (χ4n) is 4.89. The summed E-state index contributed by atoms with van der Waals surface area (Å²) in [7, 11) is 0. The van der Waals surface area contributed by atoms with E-state index in [1.807, 2.05) is 47.5 Å². The molecule has 1 amide bonds. The summed E-state index contributed by atoms with van der Waals surface area (Å²) >= 11 is 1.41. The van der Waals surface area contributed by atoms with Crippen molar-refractivity contribution >= 4 is 39.8 Å². The molecule has 1 saturated heterocycles. The largest absolute Gasteiger partial charge is 0.462 e. The van der Waals surface area contributed by atoms with Gasteiger partial charge in [0.25, 0.3) is 11.5 Å². The highest BCUT2D eigenvalue weighted by Gasteiger charge is 2.30. The maximum absolute atomic E-state index is 13.9. The minimum Gasteiger partial charge on any atom is -0.462 e. The molecular weight excluding hydrogens is 541 g/mol. The molecule has 1 aliphatic heterocycles. The SMILES string of the molecule is CCC.CCOC(=O)c1c(N2CCN(C(=O)c3cccs3)CC2)c2cc(C)ccc2n(Cc2ccc(F)cc2)c1=O. The van der Waals surface area contributed by atoms with Crippen molar-refractivity contribution in [2.75, 3.05) is 37.7 Å². The Morgan fingerprint density at radius 1 is 0.976 bits per heavy atom. The summed E-state index contributed by atoms with van der Waals surface area (Å²) in [6.07, 6.45) is 1.25. The van der Waals surface area contributed by atoms with Crippen LogP contribution in [-0.4, -0.2) is 54.1 Å². The van der Waals surface area contributed by atoms with Crippen LogP contribution in [0.15, 0.2) is 64.8 Å². The zero-order chi connectivity index (χ0) is 29.5. The van der Waals surface area contributed by atoms with Crippen LogP contribution in [-0.2, 0) is 11.3 Å². The average Bonchev–Trinajstić information content (AvgIpc) is 3.51. The summed E-state index contributed by atoms with van der Waals surface area (Å²) in [5.74, 6) is -1.05. The zero-order valence-corrected chi connectivity index (χ0v) is 24.8. The van der Waals surface area contributed by atoms with E-state index in [9.17, 15) is 18.8 Å². The van der Waals surface area contributed by atoms with Gasteiger partial charge in [-0.05, 0) is 55.1 Å². The fraction of sp³-hybridized carbons (Fsp3) is 0.344. The molecule has 41 heavy (non-hydrogen) atoms. The molecule has 1 fully saturated rings. The van der Waals surface area contributed by atoms with Crippen LogP contribution in [0.4, 0.5) is 10.1 Å². The first-order chi connectivity index (χ1) is 19.8. The third-order valence-electron chi connectivity index (χ3n) is 6.74. The summed E-state index contributed by atoms with van der Waals surface area (Å²) in [5.41, 5.74) is 2.43. The van der Waals surface area contributed by atoms with E-state index in [4.69, 9.17) is 4.74 Å². The van der Waals surface area contributed by atoms with Crippen molar-refractivity contribution in [3.8, 4) is 0 Å². The number of hydrogen-bond donors (Lipinski definition) is 0. The lowest BCUT2D eigenvalue weighted by atomic mass is 10.0. The van der Waals surface area contributed by atoms with Crippen molar-refractivity contribution < 1.29 is 18.7 Å². The van der Waals surface area contributed by atoms with Crippen LogP contribution in [0.1, 0.15) is 58.3 Å². The lowest BCUT2D eigenvalue weighted by molar-refractivity contribution is 0.0523. The van der Waals surface area contributed by atoms with Gasteiger partial charge in [-0.2, -0.15) is 0 Å². The van der Waals surface area contributed by atoms with Crippen molar-refractivity contribution in [2.24, 2.45) is 0 Å². The number of carbonyl (C=O) groups is 2. The normalized spacial score (nSPS) is 13.1. The Balaban J connectivity index is 0.00000124. The maximum atomic E-state index is 13.9. The van der Waals surface area contributed by atoms with Crippen LogP contribution in [0.3, 0.4) is 0 Å². The molecule has 0 N–H and O–H groups in total. The van der Waals surface area contributed by atoms with Gasteiger partial charge in [0.15, 0.2) is 0 Å². The summed E-state index contributed by atoms with van der Waals surface area (Å²) in [4.78, 5) is 44.6. The van der Waals surface area contributed by atoms with Gasteiger partial charge >= 0.3 is 5.97 Å². The summed E-state index contributed by atoms with van der Waals surface area (Å²) in [6, 6.07) is 15.4. The first-order valence-electron chi connectivity index (χ1n) is 13.9. The van der Waals surface area contributed by atoms with Gasteiger partial charge in [-0.25, -0.2) is 9.18 Å². The highest BCUT2D eigenvalue weighted by Crippen LogP contribution is 2.32. The monoisotopic (exact) mass is 577 g/mol. The Morgan fingerprint density at radius 3 is 2.27 bits per heavy atom. The van der Waals surface area contributed by atoms with Gasteiger partial charge in [0, 0.05) is 31.6 Å². The smallest absolute Gasteiger partial charge is 0.345 e. The number of thiophene rings is 1. The second-order valence-electron chi connectivity index (χ2n) is 9.95. The van der Waals surface area contributed by atoms with E-state index in [2.05, 4.69) is 13.8 Å². The van der Waals surface area contributed by atoms with Gasteiger partial charge in [-0.3, -0.25) is 9.59 Å². The van der Waals surface area contributed by atoms with E-state index in [-0.39, 0.29) is 30.4 Å². The van der Waals surface area contributed by atoms with Gasteiger partial charge in [0.05, 0.1) is 29.2 Å². The van der Waals surface area contributed by atoms with Gasteiger partial charge in [0.1, 0.15) is 11.4 Å². The number of piperazine rings is 1. The van der Waals surface area contributed by atoms with E-state index in [0.717, 1.165) is 16.5 Å². The van der Waals surface area contributed by atoms with Crippen LogP contribution in [0, 0.1) is 12.7 Å². The topological polar surface area (TPSA) is 71.8 Å². The maximum Gasteiger partial charge on any atom is 0.345 e. The number of ether oxygens (including phenoxy) is 1. The molecule has 1 aliphatic rings. The molecule has 0 bridgehead atoms. The van der Waals surface area contributed by atoms with Gasteiger partial charge < -0.3 is 19.1 Å². The fourth-order valence-corrected chi connectivity index (χ4v) is 5.58. The Hall–Kier alpha value is -3.98. The quantitative estimate of drug-likeness (QED) is 0.259. The van der Waals surface area contributed by atoms with Gasteiger partial charge in [-0.15, -0.1) is 11.3 Å². The lowest BCUT2D eigenvalue weighted by Crippen LogP contribution is -2.49.